The van der Waals surface area contributed by atoms with Crippen LogP contribution in [0.2, 0.25) is 0 Å². The summed E-state index contributed by atoms with van der Waals surface area (Å²) in [5.41, 5.74) is 3.04. The maximum atomic E-state index is 14.4. The number of rotatable bonds is 3. The predicted molar refractivity (Wildman–Crippen MR) is 130 cm³/mol. The maximum Gasteiger partial charge on any atom is 0.233 e. The molecule has 1 amide bonds. The van der Waals surface area contributed by atoms with E-state index < -0.39 is 5.41 Å². The number of amides is 1. The molecule has 0 bridgehead atoms. The van der Waals surface area contributed by atoms with Gasteiger partial charge >= 0.3 is 0 Å². The molecule has 1 aliphatic carbocycles. The van der Waals surface area contributed by atoms with Gasteiger partial charge in [0.05, 0.1) is 17.6 Å². The van der Waals surface area contributed by atoms with Crippen molar-refractivity contribution in [1.82, 2.24) is 9.88 Å². The quantitative estimate of drug-likeness (QED) is 0.598. The minimum absolute atomic E-state index is 0.180. The zero-order valence-electron chi connectivity index (χ0n) is 19.0. The number of aryl methyl sites for hydroxylation is 1. The standard InChI is InChI=1S/C26H32BrN3O2/c1-18-8-9-22(23(27)13-18)26(10-4-3-5-11-26)25(31)29-15-19-7-6-12-28-24(19)30-17-21(32-2)14-20(30)16-29/h6-9,12-13,20-21H,3-5,10-11,14-17H2,1-2H3/t20-,21-/m1/s1. The third-order valence-corrected chi connectivity index (χ3v) is 8.34. The average Bonchev–Trinajstić information content (AvgIpc) is 3.15. The Kier molecular flexibility index (Phi) is 6.01. The second-order valence-corrected chi connectivity index (χ2v) is 10.6. The molecule has 1 saturated carbocycles. The summed E-state index contributed by atoms with van der Waals surface area (Å²) in [5, 5.41) is 0. The molecule has 0 spiro atoms. The SMILES string of the molecule is CO[C@@H]1C[C@@H]2CN(C(=O)C3(c4ccc(C)cc4Br)CCCCC3)Cc3cccnc3N2C1. The smallest absolute Gasteiger partial charge is 0.233 e. The zero-order valence-corrected chi connectivity index (χ0v) is 20.6. The Labute approximate surface area is 199 Å². The number of aromatic nitrogens is 1. The van der Waals surface area contributed by atoms with Crippen molar-refractivity contribution in [2.75, 3.05) is 25.1 Å². The van der Waals surface area contributed by atoms with Crippen molar-refractivity contribution >= 4 is 27.7 Å². The number of methoxy groups -OCH3 is 1. The van der Waals surface area contributed by atoms with Crippen LogP contribution < -0.4 is 4.90 Å². The first-order valence-corrected chi connectivity index (χ1v) is 12.6. The van der Waals surface area contributed by atoms with Crippen LogP contribution >= 0.6 is 15.9 Å². The van der Waals surface area contributed by atoms with E-state index in [0.29, 0.717) is 6.54 Å². The number of nitrogens with zero attached hydrogens (tertiary/aromatic N) is 3. The Morgan fingerprint density at radius 1 is 1.19 bits per heavy atom. The second kappa shape index (κ2) is 8.79. The molecule has 32 heavy (non-hydrogen) atoms. The van der Waals surface area contributed by atoms with Crippen LogP contribution in [0.1, 0.15) is 55.2 Å². The average molecular weight is 498 g/mol. The van der Waals surface area contributed by atoms with Gasteiger partial charge in [-0.2, -0.15) is 0 Å². The topological polar surface area (TPSA) is 45.7 Å². The highest BCUT2D eigenvalue weighted by Crippen LogP contribution is 2.45. The summed E-state index contributed by atoms with van der Waals surface area (Å²) in [5.74, 6) is 1.29. The number of hydrogen-bond acceptors (Lipinski definition) is 4. The Hall–Kier alpha value is -1.92. The fourth-order valence-electron chi connectivity index (χ4n) is 6.03. The molecule has 2 fully saturated rings. The number of anilines is 1. The molecule has 5 rings (SSSR count). The lowest BCUT2D eigenvalue weighted by Crippen LogP contribution is -2.50. The Morgan fingerprint density at radius 3 is 2.75 bits per heavy atom. The predicted octanol–water partition coefficient (Wildman–Crippen LogP) is 4.99. The summed E-state index contributed by atoms with van der Waals surface area (Å²) in [7, 11) is 1.78. The first-order chi connectivity index (χ1) is 15.5. The summed E-state index contributed by atoms with van der Waals surface area (Å²) in [4.78, 5) is 23.7. The minimum Gasteiger partial charge on any atom is -0.380 e. The lowest BCUT2D eigenvalue weighted by Gasteiger charge is -2.41. The van der Waals surface area contributed by atoms with Gasteiger partial charge < -0.3 is 14.5 Å². The molecule has 0 N–H and O–H groups in total. The lowest BCUT2D eigenvalue weighted by molar-refractivity contribution is -0.139. The van der Waals surface area contributed by atoms with Crippen molar-refractivity contribution < 1.29 is 9.53 Å². The molecule has 0 radical (unpaired) electrons. The number of halogens is 1. The Bertz CT molecular complexity index is 1000. The molecule has 170 valence electrons. The molecule has 3 heterocycles. The van der Waals surface area contributed by atoms with E-state index in [-0.39, 0.29) is 18.1 Å². The monoisotopic (exact) mass is 497 g/mol. The summed E-state index contributed by atoms with van der Waals surface area (Å²) < 4.78 is 6.77. The molecule has 5 nitrogen and oxygen atoms in total. The van der Waals surface area contributed by atoms with Crippen LogP contribution in [-0.2, 0) is 21.5 Å². The van der Waals surface area contributed by atoms with E-state index in [0.717, 1.165) is 66.6 Å². The first kappa shape index (κ1) is 21.9. The summed E-state index contributed by atoms with van der Waals surface area (Å²) in [6, 6.07) is 10.8. The van der Waals surface area contributed by atoms with Crippen LogP contribution in [0.3, 0.4) is 0 Å². The Morgan fingerprint density at radius 2 is 2.00 bits per heavy atom. The number of pyridine rings is 1. The van der Waals surface area contributed by atoms with E-state index in [4.69, 9.17) is 9.72 Å². The third-order valence-electron chi connectivity index (χ3n) is 7.69. The largest absolute Gasteiger partial charge is 0.380 e. The van der Waals surface area contributed by atoms with Gasteiger partial charge in [0, 0.05) is 43.0 Å². The molecule has 2 aliphatic heterocycles. The molecule has 3 aliphatic rings. The van der Waals surface area contributed by atoms with Crippen molar-refractivity contribution in [2.24, 2.45) is 0 Å². The molecule has 1 aromatic heterocycles. The van der Waals surface area contributed by atoms with E-state index in [1.54, 1.807) is 7.11 Å². The van der Waals surface area contributed by atoms with Gasteiger partial charge in [-0.05, 0) is 49.4 Å². The molecule has 1 aromatic carbocycles. The van der Waals surface area contributed by atoms with Gasteiger partial charge in [0.15, 0.2) is 0 Å². The van der Waals surface area contributed by atoms with E-state index in [1.807, 2.05) is 12.3 Å². The molecule has 1 saturated heterocycles. The highest BCUT2D eigenvalue weighted by Gasteiger charge is 2.47. The van der Waals surface area contributed by atoms with Crippen molar-refractivity contribution in [3.8, 4) is 0 Å². The fraction of sp³-hybridized carbons (Fsp3) is 0.538. The van der Waals surface area contributed by atoms with Gasteiger partial charge in [0.25, 0.3) is 0 Å². The fourth-order valence-corrected chi connectivity index (χ4v) is 6.91. The van der Waals surface area contributed by atoms with Gasteiger partial charge in [-0.3, -0.25) is 4.79 Å². The van der Waals surface area contributed by atoms with Gasteiger partial charge in [-0.15, -0.1) is 0 Å². The van der Waals surface area contributed by atoms with Crippen LogP contribution in [0, 0.1) is 6.92 Å². The molecule has 2 atom stereocenters. The minimum atomic E-state index is -0.457. The van der Waals surface area contributed by atoms with Crippen LogP contribution in [0.4, 0.5) is 5.82 Å². The highest BCUT2D eigenvalue weighted by molar-refractivity contribution is 9.10. The Balaban J connectivity index is 1.54. The third kappa shape index (κ3) is 3.75. The van der Waals surface area contributed by atoms with Crippen LogP contribution in [0.15, 0.2) is 41.0 Å². The summed E-state index contributed by atoms with van der Waals surface area (Å²) in [6.07, 6.45) is 8.20. The van der Waals surface area contributed by atoms with Crippen LogP contribution in [0.5, 0.6) is 0 Å². The van der Waals surface area contributed by atoms with Gasteiger partial charge in [0.1, 0.15) is 5.82 Å². The van der Waals surface area contributed by atoms with Crippen molar-refractivity contribution in [3.63, 3.8) is 0 Å². The van der Waals surface area contributed by atoms with E-state index in [9.17, 15) is 4.79 Å². The normalized spacial score (nSPS) is 24.6. The van der Waals surface area contributed by atoms with E-state index in [1.165, 1.54) is 12.0 Å². The van der Waals surface area contributed by atoms with Crippen molar-refractivity contribution in [2.45, 2.75) is 69.6 Å². The summed E-state index contributed by atoms with van der Waals surface area (Å²) >= 11 is 3.81. The molecular weight excluding hydrogens is 466 g/mol. The van der Waals surface area contributed by atoms with Crippen LogP contribution in [0.25, 0.3) is 0 Å². The van der Waals surface area contributed by atoms with Crippen molar-refractivity contribution in [1.29, 1.82) is 0 Å². The molecular formula is C26H32BrN3O2. The number of benzene rings is 1. The lowest BCUT2D eigenvalue weighted by atomic mass is 9.68. The van der Waals surface area contributed by atoms with Gasteiger partial charge in [-0.1, -0.05) is 53.4 Å². The number of carbonyl (C=O) groups excluding carboxylic acids is 1. The molecule has 2 aromatic rings. The van der Waals surface area contributed by atoms with Gasteiger partial charge in [0.2, 0.25) is 5.91 Å². The van der Waals surface area contributed by atoms with Gasteiger partial charge in [-0.25, -0.2) is 4.98 Å². The van der Waals surface area contributed by atoms with Crippen LogP contribution in [-0.4, -0.2) is 48.1 Å². The highest BCUT2D eigenvalue weighted by atomic mass is 79.9. The number of ether oxygens (including phenoxy) is 1. The number of fused-ring (bicyclic) bond motifs is 3. The maximum absolute atomic E-state index is 14.4. The van der Waals surface area contributed by atoms with E-state index in [2.05, 4.69) is 56.9 Å². The zero-order chi connectivity index (χ0) is 22.3. The summed E-state index contributed by atoms with van der Waals surface area (Å²) in [6.45, 7) is 4.28. The second-order valence-electron chi connectivity index (χ2n) is 9.70. The van der Waals surface area contributed by atoms with Crippen molar-refractivity contribution in [3.05, 3.63) is 57.7 Å². The number of hydrogen-bond donors (Lipinski definition) is 0. The molecule has 6 heteroatoms. The number of carbonyl (C=O) groups is 1. The molecule has 0 unspecified atom stereocenters. The van der Waals surface area contributed by atoms with E-state index >= 15 is 0 Å². The first-order valence-electron chi connectivity index (χ1n) is 11.8.